The van der Waals surface area contributed by atoms with Crippen LogP contribution in [-0.4, -0.2) is 68.4 Å². The normalized spacial score (nSPS) is 29.8. The summed E-state index contributed by atoms with van der Waals surface area (Å²) >= 11 is 0. The molecule has 2 unspecified atom stereocenters. The van der Waals surface area contributed by atoms with Crippen LogP contribution in [0.1, 0.15) is 19.3 Å². The van der Waals surface area contributed by atoms with Gasteiger partial charge in [-0.25, -0.2) is 4.79 Å². The third-order valence-corrected chi connectivity index (χ3v) is 3.72. The van der Waals surface area contributed by atoms with Crippen molar-refractivity contribution >= 4 is 6.03 Å². The number of urea groups is 1. The van der Waals surface area contributed by atoms with Gasteiger partial charge in [0.2, 0.25) is 0 Å². The summed E-state index contributed by atoms with van der Waals surface area (Å²) in [5.41, 5.74) is 0. The number of ether oxygens (including phenoxy) is 2. The first kappa shape index (κ1) is 12.6. The van der Waals surface area contributed by atoms with Gasteiger partial charge in [-0.15, -0.1) is 0 Å². The second kappa shape index (κ2) is 5.69. The van der Waals surface area contributed by atoms with Crippen molar-refractivity contribution in [1.82, 2.24) is 9.80 Å². The van der Waals surface area contributed by atoms with E-state index in [1.165, 1.54) is 6.42 Å². The van der Waals surface area contributed by atoms with E-state index in [1.807, 2.05) is 9.80 Å². The number of amides is 2. The van der Waals surface area contributed by atoms with Crippen molar-refractivity contribution < 1.29 is 14.3 Å². The number of hydrogen-bond donors (Lipinski definition) is 0. The van der Waals surface area contributed by atoms with E-state index in [0.717, 1.165) is 25.9 Å². The zero-order valence-corrected chi connectivity index (χ0v) is 10.7. The summed E-state index contributed by atoms with van der Waals surface area (Å²) in [5, 5.41) is 0. The van der Waals surface area contributed by atoms with Crippen LogP contribution in [0.2, 0.25) is 0 Å². The number of likely N-dealkylation sites (tertiary alicyclic amines) is 2. The molecule has 0 spiro atoms. The molecule has 5 nitrogen and oxygen atoms in total. The highest BCUT2D eigenvalue weighted by Crippen LogP contribution is 2.19. The Balaban J connectivity index is 1.92. The minimum Gasteiger partial charge on any atom is -0.377 e. The van der Waals surface area contributed by atoms with E-state index < -0.39 is 0 Å². The van der Waals surface area contributed by atoms with Crippen LogP contribution in [0.4, 0.5) is 4.79 Å². The Morgan fingerprint density at radius 3 is 1.94 bits per heavy atom. The number of hydrogen-bond acceptors (Lipinski definition) is 3. The molecular weight excluding hydrogens is 220 g/mol. The van der Waals surface area contributed by atoms with E-state index in [-0.39, 0.29) is 18.2 Å². The SMILES string of the molecule is COC1CN(C(=O)N2CCCCC2)CC1OC. The molecule has 5 heteroatoms. The quantitative estimate of drug-likeness (QED) is 0.723. The highest BCUT2D eigenvalue weighted by Gasteiger charge is 2.37. The standard InChI is InChI=1S/C12H22N2O3/c1-16-10-8-14(9-11(10)17-2)12(15)13-6-4-3-5-7-13/h10-11H,3-9H2,1-2H3. The lowest BCUT2D eigenvalue weighted by atomic mass is 10.1. The van der Waals surface area contributed by atoms with Crippen LogP contribution in [0.25, 0.3) is 0 Å². The zero-order valence-electron chi connectivity index (χ0n) is 10.7. The molecule has 0 bridgehead atoms. The molecule has 2 fully saturated rings. The number of carbonyl (C=O) groups excluding carboxylic acids is 1. The van der Waals surface area contributed by atoms with Gasteiger partial charge in [-0.2, -0.15) is 0 Å². The maximum Gasteiger partial charge on any atom is 0.320 e. The Bertz CT molecular complexity index is 254. The number of rotatable bonds is 2. The number of methoxy groups -OCH3 is 2. The molecule has 17 heavy (non-hydrogen) atoms. The summed E-state index contributed by atoms with van der Waals surface area (Å²) in [7, 11) is 3.34. The molecular formula is C12H22N2O3. The second-order valence-corrected chi connectivity index (χ2v) is 4.78. The first-order valence-corrected chi connectivity index (χ1v) is 6.35. The van der Waals surface area contributed by atoms with Gasteiger partial charge in [0, 0.05) is 27.3 Å². The number of carbonyl (C=O) groups is 1. The molecule has 0 radical (unpaired) electrons. The third-order valence-electron chi connectivity index (χ3n) is 3.72. The monoisotopic (exact) mass is 242 g/mol. The van der Waals surface area contributed by atoms with Gasteiger partial charge in [-0.1, -0.05) is 0 Å². The van der Waals surface area contributed by atoms with Crippen LogP contribution < -0.4 is 0 Å². The van der Waals surface area contributed by atoms with Crippen LogP contribution >= 0.6 is 0 Å². The van der Waals surface area contributed by atoms with Gasteiger partial charge in [0.05, 0.1) is 13.1 Å². The topological polar surface area (TPSA) is 42.0 Å². The largest absolute Gasteiger partial charge is 0.377 e. The van der Waals surface area contributed by atoms with Crippen molar-refractivity contribution in [3.8, 4) is 0 Å². The van der Waals surface area contributed by atoms with E-state index in [4.69, 9.17) is 9.47 Å². The minimum atomic E-state index is 0.00809. The smallest absolute Gasteiger partial charge is 0.320 e. The van der Waals surface area contributed by atoms with Gasteiger partial charge < -0.3 is 19.3 Å². The van der Waals surface area contributed by atoms with Gasteiger partial charge in [-0.3, -0.25) is 0 Å². The number of piperidine rings is 1. The molecule has 2 aliphatic heterocycles. The zero-order chi connectivity index (χ0) is 12.3. The van der Waals surface area contributed by atoms with E-state index in [9.17, 15) is 4.79 Å². The van der Waals surface area contributed by atoms with Crippen LogP contribution in [0.5, 0.6) is 0 Å². The van der Waals surface area contributed by atoms with Crippen molar-refractivity contribution in [3.05, 3.63) is 0 Å². The van der Waals surface area contributed by atoms with Crippen molar-refractivity contribution in [2.75, 3.05) is 40.4 Å². The molecule has 0 aromatic carbocycles. The van der Waals surface area contributed by atoms with Crippen LogP contribution in [0.15, 0.2) is 0 Å². The highest BCUT2D eigenvalue weighted by molar-refractivity contribution is 5.75. The Hall–Kier alpha value is -0.810. The van der Waals surface area contributed by atoms with Gasteiger partial charge in [-0.05, 0) is 19.3 Å². The maximum atomic E-state index is 12.3. The van der Waals surface area contributed by atoms with E-state index >= 15 is 0 Å². The fourth-order valence-electron chi connectivity index (χ4n) is 2.64. The lowest BCUT2D eigenvalue weighted by Gasteiger charge is -2.30. The molecule has 2 saturated heterocycles. The molecule has 0 aromatic rings. The molecule has 0 aliphatic carbocycles. The second-order valence-electron chi connectivity index (χ2n) is 4.78. The van der Waals surface area contributed by atoms with E-state index in [2.05, 4.69) is 0 Å². The van der Waals surface area contributed by atoms with Crippen molar-refractivity contribution in [2.24, 2.45) is 0 Å². The molecule has 2 amide bonds. The Morgan fingerprint density at radius 2 is 1.47 bits per heavy atom. The minimum absolute atomic E-state index is 0.00809. The molecule has 2 atom stereocenters. The van der Waals surface area contributed by atoms with Gasteiger partial charge >= 0.3 is 6.03 Å². The molecule has 2 aliphatic rings. The van der Waals surface area contributed by atoms with Gasteiger partial charge in [0.15, 0.2) is 0 Å². The van der Waals surface area contributed by atoms with Crippen LogP contribution in [0, 0.1) is 0 Å². The molecule has 0 aromatic heterocycles. The Labute approximate surface area is 103 Å². The molecule has 2 rings (SSSR count). The van der Waals surface area contributed by atoms with E-state index in [1.54, 1.807) is 14.2 Å². The van der Waals surface area contributed by atoms with Crippen LogP contribution in [0.3, 0.4) is 0 Å². The average molecular weight is 242 g/mol. The molecule has 0 saturated carbocycles. The summed E-state index contributed by atoms with van der Waals surface area (Å²) in [6, 6.07) is 0.145. The number of nitrogens with zero attached hydrogens (tertiary/aromatic N) is 2. The summed E-state index contributed by atoms with van der Waals surface area (Å²) in [5.74, 6) is 0. The van der Waals surface area contributed by atoms with Gasteiger partial charge in [0.25, 0.3) is 0 Å². The fourth-order valence-corrected chi connectivity index (χ4v) is 2.64. The van der Waals surface area contributed by atoms with Crippen LogP contribution in [-0.2, 0) is 9.47 Å². The van der Waals surface area contributed by atoms with Crippen molar-refractivity contribution in [2.45, 2.75) is 31.5 Å². The highest BCUT2D eigenvalue weighted by atomic mass is 16.5. The van der Waals surface area contributed by atoms with Crippen molar-refractivity contribution in [1.29, 1.82) is 0 Å². The molecule has 98 valence electrons. The third kappa shape index (κ3) is 2.72. The fraction of sp³-hybridized carbons (Fsp3) is 0.917. The first-order valence-electron chi connectivity index (χ1n) is 6.35. The molecule has 2 heterocycles. The Morgan fingerprint density at radius 1 is 0.941 bits per heavy atom. The first-order chi connectivity index (χ1) is 8.26. The van der Waals surface area contributed by atoms with E-state index in [0.29, 0.717) is 13.1 Å². The predicted molar refractivity (Wildman–Crippen MR) is 64.0 cm³/mol. The maximum absolute atomic E-state index is 12.3. The summed E-state index contributed by atoms with van der Waals surface area (Å²) in [4.78, 5) is 16.1. The lowest BCUT2D eigenvalue weighted by Crippen LogP contribution is -2.45. The van der Waals surface area contributed by atoms with Crippen molar-refractivity contribution in [3.63, 3.8) is 0 Å². The Kier molecular flexibility index (Phi) is 4.23. The summed E-state index contributed by atoms with van der Waals surface area (Å²) in [6.07, 6.45) is 3.51. The molecule has 0 N–H and O–H groups in total. The summed E-state index contributed by atoms with van der Waals surface area (Å²) in [6.45, 7) is 3.07. The average Bonchev–Trinajstić information content (AvgIpc) is 2.82. The summed E-state index contributed by atoms with van der Waals surface area (Å²) < 4.78 is 10.7. The predicted octanol–water partition coefficient (Wildman–Crippen LogP) is 0.938. The van der Waals surface area contributed by atoms with Gasteiger partial charge in [0.1, 0.15) is 12.2 Å². The lowest BCUT2D eigenvalue weighted by molar-refractivity contribution is -0.00461.